The van der Waals surface area contributed by atoms with E-state index < -0.39 is 0 Å². The predicted octanol–water partition coefficient (Wildman–Crippen LogP) is 5.63. The highest BCUT2D eigenvalue weighted by molar-refractivity contribution is 8.00. The van der Waals surface area contributed by atoms with E-state index in [0.717, 1.165) is 33.2 Å². The molecule has 0 saturated heterocycles. The first kappa shape index (κ1) is 19.2. The molecule has 0 fully saturated rings. The van der Waals surface area contributed by atoms with E-state index in [1.807, 2.05) is 75.4 Å². The first-order chi connectivity index (χ1) is 14.0. The van der Waals surface area contributed by atoms with Gasteiger partial charge in [-0.05, 0) is 55.8 Å². The molecular formula is C23H21N3O2S. The highest BCUT2D eigenvalue weighted by atomic mass is 32.2. The van der Waals surface area contributed by atoms with Crippen LogP contribution < -0.4 is 5.32 Å². The topological polar surface area (TPSA) is 68.0 Å². The number of rotatable bonds is 5. The summed E-state index contributed by atoms with van der Waals surface area (Å²) in [5.41, 5.74) is 3.92. The second-order valence-electron chi connectivity index (χ2n) is 7.06. The molecule has 3 aromatic carbocycles. The molecule has 4 aromatic rings. The zero-order valence-corrected chi connectivity index (χ0v) is 17.3. The molecule has 0 aliphatic heterocycles. The SMILES string of the molecule is Cc1cc(C)cc(-c2nnc(S[C@H](C)C(=O)Nc3ccc4ccccc4c3)o2)c1. The zero-order chi connectivity index (χ0) is 20.4. The molecule has 0 radical (unpaired) electrons. The first-order valence-corrected chi connectivity index (χ1v) is 10.2. The van der Waals surface area contributed by atoms with Crippen LogP contribution in [0, 0.1) is 13.8 Å². The average Bonchev–Trinajstić information content (AvgIpc) is 3.15. The van der Waals surface area contributed by atoms with Crippen molar-refractivity contribution in [3.8, 4) is 11.5 Å². The number of benzene rings is 3. The van der Waals surface area contributed by atoms with Crippen LogP contribution in [-0.4, -0.2) is 21.4 Å². The summed E-state index contributed by atoms with van der Waals surface area (Å²) in [7, 11) is 0. The van der Waals surface area contributed by atoms with Crippen LogP contribution in [-0.2, 0) is 4.79 Å². The third-order valence-electron chi connectivity index (χ3n) is 4.54. The molecule has 4 rings (SSSR count). The molecule has 0 aliphatic carbocycles. The maximum atomic E-state index is 12.6. The number of carbonyl (C=O) groups excluding carboxylic acids is 1. The Kier molecular flexibility index (Phi) is 5.36. The summed E-state index contributed by atoms with van der Waals surface area (Å²) in [4.78, 5) is 12.6. The van der Waals surface area contributed by atoms with E-state index in [0.29, 0.717) is 11.1 Å². The van der Waals surface area contributed by atoms with Crippen molar-refractivity contribution in [1.82, 2.24) is 10.2 Å². The van der Waals surface area contributed by atoms with Crippen molar-refractivity contribution >= 4 is 34.1 Å². The summed E-state index contributed by atoms with van der Waals surface area (Å²) < 4.78 is 5.77. The predicted molar refractivity (Wildman–Crippen MR) is 117 cm³/mol. The van der Waals surface area contributed by atoms with E-state index in [1.165, 1.54) is 11.8 Å². The van der Waals surface area contributed by atoms with Gasteiger partial charge in [0.2, 0.25) is 11.8 Å². The lowest BCUT2D eigenvalue weighted by Gasteiger charge is -2.10. The van der Waals surface area contributed by atoms with Crippen molar-refractivity contribution in [2.24, 2.45) is 0 Å². The minimum absolute atomic E-state index is 0.114. The molecule has 1 heterocycles. The summed E-state index contributed by atoms with van der Waals surface area (Å²) in [6.07, 6.45) is 0. The van der Waals surface area contributed by atoms with Crippen LogP contribution in [0.5, 0.6) is 0 Å². The quantitative estimate of drug-likeness (QED) is 0.438. The van der Waals surface area contributed by atoms with E-state index in [4.69, 9.17) is 4.42 Å². The fourth-order valence-corrected chi connectivity index (χ4v) is 3.87. The molecule has 1 atom stereocenters. The van der Waals surface area contributed by atoms with Crippen LogP contribution in [0.1, 0.15) is 18.1 Å². The number of carbonyl (C=O) groups is 1. The molecule has 0 bridgehead atoms. The molecular weight excluding hydrogens is 382 g/mol. The van der Waals surface area contributed by atoms with Gasteiger partial charge >= 0.3 is 0 Å². The van der Waals surface area contributed by atoms with Gasteiger partial charge in [0.25, 0.3) is 5.22 Å². The second-order valence-corrected chi connectivity index (χ2v) is 8.35. The molecule has 0 unspecified atom stereocenters. The molecule has 0 saturated carbocycles. The smallest absolute Gasteiger partial charge is 0.277 e. The van der Waals surface area contributed by atoms with Gasteiger partial charge in [-0.3, -0.25) is 4.79 Å². The second kappa shape index (κ2) is 8.09. The summed E-state index contributed by atoms with van der Waals surface area (Å²) >= 11 is 1.25. The van der Waals surface area contributed by atoms with E-state index in [1.54, 1.807) is 0 Å². The number of aryl methyl sites for hydroxylation is 2. The Hall–Kier alpha value is -3.12. The third kappa shape index (κ3) is 4.49. The van der Waals surface area contributed by atoms with Gasteiger partial charge in [0.05, 0.1) is 5.25 Å². The van der Waals surface area contributed by atoms with E-state index >= 15 is 0 Å². The van der Waals surface area contributed by atoms with E-state index in [2.05, 4.69) is 21.6 Å². The van der Waals surface area contributed by atoms with Gasteiger partial charge in [-0.2, -0.15) is 0 Å². The van der Waals surface area contributed by atoms with Crippen LogP contribution in [0.3, 0.4) is 0 Å². The van der Waals surface area contributed by atoms with Gasteiger partial charge < -0.3 is 9.73 Å². The lowest BCUT2D eigenvalue weighted by Crippen LogP contribution is -2.22. The number of nitrogens with one attached hydrogen (secondary N) is 1. The molecule has 146 valence electrons. The zero-order valence-electron chi connectivity index (χ0n) is 16.5. The van der Waals surface area contributed by atoms with Gasteiger partial charge in [-0.1, -0.05) is 59.3 Å². The van der Waals surface area contributed by atoms with Gasteiger partial charge in [-0.15, -0.1) is 10.2 Å². The highest BCUT2D eigenvalue weighted by Crippen LogP contribution is 2.28. The lowest BCUT2D eigenvalue weighted by atomic mass is 10.1. The van der Waals surface area contributed by atoms with Gasteiger partial charge in [-0.25, -0.2) is 0 Å². The van der Waals surface area contributed by atoms with Crippen molar-refractivity contribution in [3.63, 3.8) is 0 Å². The van der Waals surface area contributed by atoms with Crippen molar-refractivity contribution in [1.29, 1.82) is 0 Å². The van der Waals surface area contributed by atoms with Crippen molar-refractivity contribution in [2.75, 3.05) is 5.32 Å². The molecule has 1 amide bonds. The van der Waals surface area contributed by atoms with Gasteiger partial charge in [0.15, 0.2) is 0 Å². The Bertz CT molecular complexity index is 1170. The number of fused-ring (bicyclic) bond motifs is 1. The van der Waals surface area contributed by atoms with Gasteiger partial charge in [0, 0.05) is 11.3 Å². The first-order valence-electron chi connectivity index (χ1n) is 9.36. The molecule has 1 aromatic heterocycles. The number of hydrogen-bond acceptors (Lipinski definition) is 5. The van der Waals surface area contributed by atoms with Crippen LogP contribution in [0.15, 0.2) is 70.3 Å². The average molecular weight is 404 g/mol. The highest BCUT2D eigenvalue weighted by Gasteiger charge is 2.19. The standard InChI is InChI=1S/C23H21N3O2S/c1-14-10-15(2)12-19(11-14)22-25-26-23(28-22)29-16(3)21(27)24-20-9-8-17-6-4-5-7-18(17)13-20/h4-13,16H,1-3H3,(H,24,27)/t16-/m1/s1. The van der Waals surface area contributed by atoms with Crippen LogP contribution in [0.2, 0.25) is 0 Å². The summed E-state index contributed by atoms with van der Waals surface area (Å²) in [5.74, 6) is 0.345. The third-order valence-corrected chi connectivity index (χ3v) is 5.47. The van der Waals surface area contributed by atoms with Crippen molar-refractivity contribution in [3.05, 3.63) is 71.8 Å². The Morgan fingerprint density at radius 1 is 0.966 bits per heavy atom. The van der Waals surface area contributed by atoms with E-state index in [9.17, 15) is 4.79 Å². The summed E-state index contributed by atoms with van der Waals surface area (Å²) in [6.45, 7) is 5.88. The Balaban J connectivity index is 1.44. The Morgan fingerprint density at radius 3 is 2.45 bits per heavy atom. The maximum absolute atomic E-state index is 12.6. The largest absolute Gasteiger partial charge is 0.411 e. The monoisotopic (exact) mass is 403 g/mol. The number of nitrogens with zero attached hydrogens (tertiary/aromatic N) is 2. The van der Waals surface area contributed by atoms with Crippen LogP contribution in [0.4, 0.5) is 5.69 Å². The number of anilines is 1. The molecule has 29 heavy (non-hydrogen) atoms. The molecule has 0 spiro atoms. The van der Waals surface area contributed by atoms with Crippen molar-refractivity contribution < 1.29 is 9.21 Å². The lowest BCUT2D eigenvalue weighted by molar-refractivity contribution is -0.115. The number of aromatic nitrogens is 2. The molecule has 5 nitrogen and oxygen atoms in total. The number of amides is 1. The minimum Gasteiger partial charge on any atom is -0.411 e. The maximum Gasteiger partial charge on any atom is 0.277 e. The summed E-state index contributed by atoms with van der Waals surface area (Å²) in [6, 6.07) is 20.0. The fourth-order valence-electron chi connectivity index (χ4n) is 3.19. The number of thioether (sulfide) groups is 1. The Morgan fingerprint density at radius 2 is 1.69 bits per heavy atom. The fraction of sp³-hybridized carbons (Fsp3) is 0.174. The minimum atomic E-state index is -0.381. The van der Waals surface area contributed by atoms with Gasteiger partial charge in [0.1, 0.15) is 0 Å². The molecule has 0 aliphatic rings. The number of hydrogen-bond donors (Lipinski definition) is 1. The van der Waals surface area contributed by atoms with Crippen molar-refractivity contribution in [2.45, 2.75) is 31.2 Å². The van der Waals surface area contributed by atoms with E-state index in [-0.39, 0.29) is 11.2 Å². The summed E-state index contributed by atoms with van der Waals surface area (Å²) in [5, 5.41) is 13.4. The van der Waals surface area contributed by atoms with Crippen LogP contribution >= 0.6 is 11.8 Å². The normalized spacial score (nSPS) is 12.1. The molecule has 6 heteroatoms. The molecule has 1 N–H and O–H groups in total. The van der Waals surface area contributed by atoms with Crippen LogP contribution in [0.25, 0.3) is 22.2 Å². The Labute approximate surface area is 173 Å².